The van der Waals surface area contributed by atoms with Gasteiger partial charge < -0.3 is 9.47 Å². The van der Waals surface area contributed by atoms with Gasteiger partial charge in [-0.1, -0.05) is 54.1 Å². The normalized spacial score (nSPS) is 20.3. The topological polar surface area (TPSA) is 59.1 Å². The van der Waals surface area contributed by atoms with Crippen molar-refractivity contribution in [2.45, 2.75) is 24.2 Å². The maximum atomic E-state index is 16.0. The Bertz CT molecular complexity index is 1480. The first kappa shape index (κ1) is 26.6. The van der Waals surface area contributed by atoms with Gasteiger partial charge in [-0.2, -0.15) is 13.2 Å². The summed E-state index contributed by atoms with van der Waals surface area (Å²) >= 11 is 6.06. The molecule has 202 valence electrons. The molecule has 11 heteroatoms. The number of nitrogens with zero attached hydrogens (tertiary/aromatic N) is 2. The first-order valence-corrected chi connectivity index (χ1v) is 12.1. The molecule has 2 aliphatic rings. The van der Waals surface area contributed by atoms with Crippen LogP contribution in [0.15, 0.2) is 78.5 Å². The van der Waals surface area contributed by atoms with Crippen LogP contribution in [-0.4, -0.2) is 37.3 Å². The lowest BCUT2D eigenvalue weighted by atomic mass is 9.70. The molecule has 0 aromatic heterocycles. The number of urea groups is 1. The number of methoxy groups -OCH3 is 2. The molecule has 39 heavy (non-hydrogen) atoms. The zero-order chi connectivity index (χ0) is 28.1. The molecule has 5 rings (SSSR count). The first-order chi connectivity index (χ1) is 18.6. The van der Waals surface area contributed by atoms with Gasteiger partial charge in [-0.3, -0.25) is 9.80 Å². The summed E-state index contributed by atoms with van der Waals surface area (Å²) in [6.45, 7) is -0.196. The number of fused-ring (bicyclic) bond motifs is 3. The third-order valence-corrected chi connectivity index (χ3v) is 7.34. The average Bonchev–Trinajstić information content (AvgIpc) is 3.31. The molecule has 0 unspecified atom stereocenters. The van der Waals surface area contributed by atoms with E-state index in [9.17, 15) is 9.59 Å². The Morgan fingerprint density at radius 2 is 1.69 bits per heavy atom. The molecule has 0 N–H and O–H groups in total. The predicted molar refractivity (Wildman–Crippen MR) is 135 cm³/mol. The number of benzene rings is 3. The Morgan fingerprint density at radius 1 is 1.03 bits per heavy atom. The summed E-state index contributed by atoms with van der Waals surface area (Å²) in [5.41, 5.74) is -4.37. The van der Waals surface area contributed by atoms with Crippen LogP contribution in [0.25, 0.3) is 0 Å². The van der Waals surface area contributed by atoms with E-state index in [1.165, 1.54) is 37.4 Å². The van der Waals surface area contributed by atoms with Crippen LogP contribution in [0.3, 0.4) is 0 Å². The number of carbonyl (C=O) groups is 2. The Morgan fingerprint density at radius 3 is 2.28 bits per heavy atom. The molecule has 0 saturated heterocycles. The Hall–Kier alpha value is -4.05. The van der Waals surface area contributed by atoms with Crippen molar-refractivity contribution in [2.24, 2.45) is 0 Å². The smallest absolute Gasteiger partial charge is 0.417 e. The van der Waals surface area contributed by atoms with Gasteiger partial charge in [0.25, 0.3) is 0 Å². The number of anilines is 1. The molecule has 2 atom stereocenters. The van der Waals surface area contributed by atoms with Crippen molar-refractivity contribution in [3.05, 3.63) is 106 Å². The van der Waals surface area contributed by atoms with Crippen molar-refractivity contribution in [3.8, 4) is 5.75 Å². The van der Waals surface area contributed by atoms with E-state index in [1.54, 1.807) is 30.3 Å². The third kappa shape index (κ3) is 3.93. The highest BCUT2D eigenvalue weighted by atomic mass is 35.5. The van der Waals surface area contributed by atoms with E-state index in [0.29, 0.717) is 16.2 Å². The Kier molecular flexibility index (Phi) is 6.54. The van der Waals surface area contributed by atoms with Gasteiger partial charge in [0.05, 0.1) is 43.0 Å². The van der Waals surface area contributed by atoms with Crippen LogP contribution in [-0.2, 0) is 21.6 Å². The van der Waals surface area contributed by atoms with E-state index in [-0.39, 0.29) is 17.8 Å². The summed E-state index contributed by atoms with van der Waals surface area (Å²) in [5.74, 6) is -3.73. The van der Waals surface area contributed by atoms with Gasteiger partial charge in [0.1, 0.15) is 11.6 Å². The van der Waals surface area contributed by atoms with Gasteiger partial charge in [0.2, 0.25) is 0 Å². The number of ether oxygens (including phenoxy) is 2. The maximum Gasteiger partial charge on any atom is 0.417 e. The summed E-state index contributed by atoms with van der Waals surface area (Å²) in [5, 5.41) is -0.561. The number of hydrogen-bond acceptors (Lipinski definition) is 4. The number of alkyl halides is 3. The minimum Gasteiger partial charge on any atom is -0.497 e. The van der Waals surface area contributed by atoms with Crippen LogP contribution in [0.4, 0.5) is 28.0 Å². The molecule has 3 aromatic rings. The molecule has 2 heterocycles. The predicted octanol–water partition coefficient (Wildman–Crippen LogP) is 6.54. The molecule has 0 saturated carbocycles. The SMILES string of the molecule is COC(=O)C1=CN2C(=O)N(Cc3ccc(OC)cc3)c3ccc(Cl)c(F)c3[C@]2(C(F)(F)F)[C@@H]1c1ccccc1. The summed E-state index contributed by atoms with van der Waals surface area (Å²) < 4.78 is 72.6. The molecule has 0 spiro atoms. The highest BCUT2D eigenvalue weighted by Crippen LogP contribution is 2.64. The first-order valence-electron chi connectivity index (χ1n) is 11.7. The second kappa shape index (κ2) is 9.60. The molecular formula is C28H21ClF4N2O4. The molecule has 0 fully saturated rings. The van der Waals surface area contributed by atoms with Crippen molar-refractivity contribution >= 4 is 29.3 Å². The molecule has 0 radical (unpaired) electrons. The van der Waals surface area contributed by atoms with Crippen LogP contribution >= 0.6 is 11.6 Å². The molecule has 2 aliphatic heterocycles. The van der Waals surface area contributed by atoms with Crippen LogP contribution < -0.4 is 9.64 Å². The third-order valence-electron chi connectivity index (χ3n) is 7.04. The summed E-state index contributed by atoms with van der Waals surface area (Å²) in [6.07, 6.45) is -4.45. The van der Waals surface area contributed by atoms with Crippen molar-refractivity contribution in [2.75, 3.05) is 19.1 Å². The van der Waals surface area contributed by atoms with E-state index in [0.717, 1.165) is 24.3 Å². The largest absolute Gasteiger partial charge is 0.497 e. The van der Waals surface area contributed by atoms with Crippen LogP contribution in [0.2, 0.25) is 5.02 Å². The van der Waals surface area contributed by atoms with Gasteiger partial charge in [0, 0.05) is 11.8 Å². The average molecular weight is 561 g/mol. The summed E-state index contributed by atoms with van der Waals surface area (Å²) in [4.78, 5) is 28.2. The minimum atomic E-state index is -5.26. The monoisotopic (exact) mass is 560 g/mol. The highest BCUT2D eigenvalue weighted by molar-refractivity contribution is 6.31. The van der Waals surface area contributed by atoms with E-state index < -0.39 is 51.6 Å². The summed E-state index contributed by atoms with van der Waals surface area (Å²) in [6, 6.07) is 15.1. The van der Waals surface area contributed by atoms with Gasteiger partial charge in [-0.25, -0.2) is 14.0 Å². The number of rotatable bonds is 5. The van der Waals surface area contributed by atoms with Gasteiger partial charge in [-0.05, 0) is 35.4 Å². The van der Waals surface area contributed by atoms with Gasteiger partial charge in [-0.15, -0.1) is 0 Å². The van der Waals surface area contributed by atoms with Crippen LogP contribution in [0.1, 0.15) is 22.6 Å². The molecule has 6 nitrogen and oxygen atoms in total. The number of carbonyl (C=O) groups excluding carboxylic acids is 2. The Labute approximate surface area is 226 Å². The van der Waals surface area contributed by atoms with E-state index in [2.05, 4.69) is 0 Å². The molecule has 0 aliphatic carbocycles. The van der Waals surface area contributed by atoms with Crippen molar-refractivity contribution in [1.82, 2.24) is 4.90 Å². The number of halogens is 5. The second-order valence-corrected chi connectivity index (χ2v) is 9.43. The van der Waals surface area contributed by atoms with Crippen LogP contribution in [0.5, 0.6) is 5.75 Å². The number of hydrogen-bond donors (Lipinski definition) is 0. The zero-order valence-electron chi connectivity index (χ0n) is 20.6. The summed E-state index contributed by atoms with van der Waals surface area (Å²) in [7, 11) is 2.50. The van der Waals surface area contributed by atoms with E-state index in [4.69, 9.17) is 21.1 Å². The van der Waals surface area contributed by atoms with Gasteiger partial charge >= 0.3 is 18.2 Å². The zero-order valence-corrected chi connectivity index (χ0v) is 21.4. The van der Waals surface area contributed by atoms with Crippen molar-refractivity contribution < 1.29 is 36.6 Å². The minimum absolute atomic E-state index is 0.0377. The lowest BCUT2D eigenvalue weighted by Crippen LogP contribution is -2.63. The fourth-order valence-electron chi connectivity index (χ4n) is 5.37. The molecule has 2 amide bonds. The van der Waals surface area contributed by atoms with Crippen molar-refractivity contribution in [1.29, 1.82) is 0 Å². The fraction of sp³-hybridized carbons (Fsp3) is 0.214. The van der Waals surface area contributed by atoms with Crippen LogP contribution in [0, 0.1) is 5.82 Å². The highest BCUT2D eigenvalue weighted by Gasteiger charge is 2.73. The second-order valence-electron chi connectivity index (χ2n) is 9.03. The van der Waals surface area contributed by atoms with E-state index in [1.807, 2.05) is 0 Å². The van der Waals surface area contributed by atoms with E-state index >= 15 is 17.6 Å². The lowest BCUT2D eigenvalue weighted by Gasteiger charge is -2.50. The molecule has 0 bridgehead atoms. The lowest BCUT2D eigenvalue weighted by molar-refractivity contribution is -0.224. The quantitative estimate of drug-likeness (QED) is 0.263. The van der Waals surface area contributed by atoms with Gasteiger partial charge in [0.15, 0.2) is 5.54 Å². The fourth-order valence-corrected chi connectivity index (χ4v) is 5.53. The number of esters is 1. The molecular weight excluding hydrogens is 540 g/mol. The maximum absolute atomic E-state index is 16.0. The standard InChI is InChI=1S/C28H21ClF4N2O4/c1-38-18-10-8-16(9-11-18)14-34-21-13-12-20(29)24(30)23(21)27(28(31,32)33)22(17-6-4-3-5-7-17)19(25(36)39-2)15-35(27)26(34)37/h3-13,15,22H,14H2,1-2H3/t22-,27+/m1/s1. The Balaban J connectivity index is 1.82. The van der Waals surface area contributed by atoms with Crippen molar-refractivity contribution in [3.63, 3.8) is 0 Å². The number of amides is 2. The molecule has 3 aromatic carbocycles.